The number of nitrogens with two attached hydrogens (primary N) is 1. The van der Waals surface area contributed by atoms with E-state index in [0.717, 1.165) is 41.9 Å². The van der Waals surface area contributed by atoms with E-state index < -0.39 is 5.95 Å². The first-order chi connectivity index (χ1) is 21.9. The van der Waals surface area contributed by atoms with Gasteiger partial charge < -0.3 is 15.9 Å². The molecular formula is C37H53N3O6. The highest BCUT2D eigenvalue weighted by Gasteiger charge is 2.10. The first kappa shape index (κ1) is 43.5. The summed E-state index contributed by atoms with van der Waals surface area (Å²) in [7, 11) is 3.69. The Balaban J connectivity index is 0. The summed E-state index contributed by atoms with van der Waals surface area (Å²) in [5.74, 6) is -1.35. The third kappa shape index (κ3) is 20.4. The third-order valence-corrected chi connectivity index (χ3v) is 6.55. The number of carbonyl (C=O) groups is 2. The number of benzene rings is 3. The molecule has 0 spiro atoms. The van der Waals surface area contributed by atoms with Crippen molar-refractivity contribution in [3.8, 4) is 0 Å². The molecule has 0 unspecified atom stereocenters. The van der Waals surface area contributed by atoms with Gasteiger partial charge in [0.2, 0.25) is 0 Å². The zero-order valence-electron chi connectivity index (χ0n) is 28.5. The van der Waals surface area contributed by atoms with Gasteiger partial charge in [0.05, 0.1) is 11.4 Å². The van der Waals surface area contributed by atoms with Gasteiger partial charge in [0.1, 0.15) is 0 Å². The summed E-state index contributed by atoms with van der Waals surface area (Å²) in [5.41, 5.74) is 15.0. The summed E-state index contributed by atoms with van der Waals surface area (Å²) in [6.45, 7) is 12.7. The van der Waals surface area contributed by atoms with Crippen molar-refractivity contribution < 1.29 is 30.3 Å². The minimum Gasteiger partial charge on any atom is -0.482 e. The fourth-order valence-corrected chi connectivity index (χ4v) is 4.21. The van der Waals surface area contributed by atoms with E-state index in [2.05, 4.69) is 66.8 Å². The molecule has 6 N–H and O–H groups in total. The molecule has 9 nitrogen and oxygen atoms in total. The van der Waals surface area contributed by atoms with Gasteiger partial charge in [-0.05, 0) is 75.3 Å². The normalized spacial score (nSPS) is 10.3. The molecule has 3 aromatic carbocycles. The number of anilines is 1. The van der Waals surface area contributed by atoms with Crippen LogP contribution in [-0.2, 0) is 22.4 Å². The van der Waals surface area contributed by atoms with E-state index in [-0.39, 0.29) is 11.6 Å². The van der Waals surface area contributed by atoms with Gasteiger partial charge in [0, 0.05) is 32.6 Å². The van der Waals surface area contributed by atoms with Crippen molar-refractivity contribution in [2.45, 2.75) is 73.1 Å². The van der Waals surface area contributed by atoms with Crippen LogP contribution in [0.15, 0.2) is 95.3 Å². The largest absolute Gasteiger partial charge is 0.482 e. The Hall–Kier alpha value is -4.60. The minimum atomic E-state index is -0.833. The molecule has 0 radical (unpaired) electrons. The number of aliphatic imine (C=N–C) groups is 2. The Morgan fingerprint density at radius 2 is 1.09 bits per heavy atom. The lowest BCUT2D eigenvalue weighted by Gasteiger charge is -2.07. The average Bonchev–Trinajstić information content (AvgIpc) is 3.06. The number of Topliss-reactive ketones (excluding diaryl/α,β-unsaturated/α-hetero) is 2. The SMILES string of the molecule is C=C(O)O.CCC(=NC)C(CCc1ccccc1)=NC.CCC(=O)C(=O)CCc1ccccc1.Cc1cc(C)c(N)c(C)c1.OO. The Labute approximate surface area is 274 Å². The van der Waals surface area contributed by atoms with E-state index in [0.29, 0.717) is 19.3 Å². The maximum Gasteiger partial charge on any atom is 0.266 e. The van der Waals surface area contributed by atoms with Gasteiger partial charge in [-0.15, -0.1) is 0 Å². The smallest absolute Gasteiger partial charge is 0.266 e. The molecule has 0 aliphatic rings. The highest BCUT2D eigenvalue weighted by atomic mass is 17.0. The third-order valence-electron chi connectivity index (χ3n) is 6.55. The second-order valence-corrected chi connectivity index (χ2v) is 10.1. The molecule has 0 saturated carbocycles. The van der Waals surface area contributed by atoms with Gasteiger partial charge >= 0.3 is 0 Å². The molecule has 0 fully saturated rings. The van der Waals surface area contributed by atoms with Crippen LogP contribution in [0.3, 0.4) is 0 Å². The first-order valence-electron chi connectivity index (χ1n) is 15.1. The molecule has 0 heterocycles. The van der Waals surface area contributed by atoms with Gasteiger partial charge in [-0.2, -0.15) is 0 Å². The summed E-state index contributed by atoms with van der Waals surface area (Å²) >= 11 is 0. The second kappa shape index (κ2) is 26.8. The molecule has 0 amide bonds. The number of nitrogen functional groups attached to an aromatic ring is 1. The molecule has 0 aromatic heterocycles. The zero-order valence-corrected chi connectivity index (χ0v) is 28.5. The first-order valence-corrected chi connectivity index (χ1v) is 15.1. The Kier molecular flexibility index (Phi) is 25.3. The summed E-state index contributed by atoms with van der Waals surface area (Å²) in [5, 5.41) is 26.8. The van der Waals surface area contributed by atoms with Crippen molar-refractivity contribution in [2.75, 3.05) is 19.8 Å². The van der Waals surface area contributed by atoms with Gasteiger partial charge in [0.25, 0.3) is 5.95 Å². The minimum absolute atomic E-state index is 0.253. The van der Waals surface area contributed by atoms with Gasteiger partial charge in [-0.3, -0.25) is 30.1 Å². The number of aliphatic hydroxyl groups excluding tert-OH is 1. The van der Waals surface area contributed by atoms with Crippen LogP contribution in [0.2, 0.25) is 0 Å². The van der Waals surface area contributed by atoms with E-state index in [1.54, 1.807) is 6.92 Å². The maximum atomic E-state index is 11.2. The van der Waals surface area contributed by atoms with Crippen molar-refractivity contribution in [1.82, 2.24) is 0 Å². The zero-order chi connectivity index (χ0) is 35.5. The monoisotopic (exact) mass is 635 g/mol. The van der Waals surface area contributed by atoms with Crippen LogP contribution in [0.25, 0.3) is 0 Å². The molecule has 252 valence electrons. The van der Waals surface area contributed by atoms with Crippen molar-refractivity contribution in [3.63, 3.8) is 0 Å². The van der Waals surface area contributed by atoms with Crippen LogP contribution in [0.5, 0.6) is 0 Å². The number of nitrogens with zero attached hydrogens (tertiary/aromatic N) is 2. The lowest BCUT2D eigenvalue weighted by Crippen LogP contribution is -2.14. The molecule has 46 heavy (non-hydrogen) atoms. The van der Waals surface area contributed by atoms with E-state index in [1.807, 2.05) is 64.3 Å². The number of ketones is 2. The number of aliphatic hydroxyl groups is 2. The van der Waals surface area contributed by atoms with Crippen molar-refractivity contribution >= 4 is 28.7 Å². The summed E-state index contributed by atoms with van der Waals surface area (Å²) in [4.78, 5) is 30.8. The van der Waals surface area contributed by atoms with Gasteiger partial charge in [0.15, 0.2) is 11.6 Å². The molecule has 0 bridgehead atoms. The van der Waals surface area contributed by atoms with Crippen LogP contribution >= 0.6 is 0 Å². The number of hydrogen-bond acceptors (Lipinski definition) is 9. The highest BCUT2D eigenvalue weighted by molar-refractivity contribution is 6.42. The van der Waals surface area contributed by atoms with E-state index >= 15 is 0 Å². The van der Waals surface area contributed by atoms with Crippen LogP contribution < -0.4 is 5.73 Å². The van der Waals surface area contributed by atoms with Crippen molar-refractivity contribution in [3.05, 3.63) is 113 Å². The second-order valence-electron chi connectivity index (χ2n) is 10.1. The summed E-state index contributed by atoms with van der Waals surface area (Å²) < 4.78 is 0. The lowest BCUT2D eigenvalue weighted by molar-refractivity contribution is -0.176. The molecule has 0 aliphatic carbocycles. The summed E-state index contributed by atoms with van der Waals surface area (Å²) in [6.07, 6.45) is 4.27. The van der Waals surface area contributed by atoms with Crippen molar-refractivity contribution in [1.29, 1.82) is 0 Å². The van der Waals surface area contributed by atoms with Crippen LogP contribution in [0.4, 0.5) is 5.69 Å². The topological polar surface area (TPSA) is 166 Å². The molecule has 0 saturated heterocycles. The fourth-order valence-electron chi connectivity index (χ4n) is 4.21. The fraction of sp³-hybridized carbons (Fsp3) is 0.351. The van der Waals surface area contributed by atoms with E-state index in [1.165, 1.54) is 22.3 Å². The summed E-state index contributed by atoms with van der Waals surface area (Å²) in [6, 6.07) is 24.4. The Morgan fingerprint density at radius 1 is 0.696 bits per heavy atom. The van der Waals surface area contributed by atoms with Gasteiger partial charge in [-0.25, -0.2) is 0 Å². The molecule has 0 aliphatic heterocycles. The lowest BCUT2D eigenvalue weighted by atomic mass is 10.0. The van der Waals surface area contributed by atoms with Crippen LogP contribution in [0, 0.1) is 20.8 Å². The number of carbonyl (C=O) groups excluding carboxylic acids is 2. The average molecular weight is 636 g/mol. The molecule has 3 aromatic rings. The molecule has 3 rings (SSSR count). The number of rotatable bonds is 10. The Morgan fingerprint density at radius 3 is 1.43 bits per heavy atom. The van der Waals surface area contributed by atoms with E-state index in [4.69, 9.17) is 26.5 Å². The molecule has 9 heteroatoms. The molecule has 0 atom stereocenters. The predicted octanol–water partition coefficient (Wildman–Crippen LogP) is 8.12. The number of hydrogen-bond donors (Lipinski definition) is 5. The van der Waals surface area contributed by atoms with Crippen LogP contribution in [-0.4, -0.2) is 57.8 Å². The van der Waals surface area contributed by atoms with Crippen molar-refractivity contribution in [2.24, 2.45) is 9.98 Å². The number of aryl methyl sites for hydroxylation is 5. The Bertz CT molecular complexity index is 1330. The van der Waals surface area contributed by atoms with E-state index in [9.17, 15) is 9.59 Å². The quantitative estimate of drug-likeness (QED) is 0.0374. The van der Waals surface area contributed by atoms with Gasteiger partial charge in [-0.1, -0.05) is 92.2 Å². The molecular weight excluding hydrogens is 582 g/mol. The van der Waals surface area contributed by atoms with Crippen LogP contribution in [0.1, 0.15) is 67.3 Å². The standard InChI is InChI=1S/C14H20N2.C12H14O2.C9H13N.C2H4O2.H2O2/c1-4-13(15-2)14(16-3)11-10-12-8-6-5-7-9-12;1-2-11(13)12(14)9-8-10-6-4-3-5-7-10;1-6-4-7(2)9(10)8(3)5-6;1-2(3)4;1-2/h5-9H,4,10-11H2,1-3H3;3-7H,2,8-9H2,1H3;4-5H,10H2,1-3H3;3-4H,1H2;1-2H. The highest BCUT2D eigenvalue weighted by Crippen LogP contribution is 2.17. The maximum absolute atomic E-state index is 11.2. The predicted molar refractivity (Wildman–Crippen MR) is 192 cm³/mol.